The van der Waals surface area contributed by atoms with Crippen LogP contribution in [0.2, 0.25) is 0 Å². The predicted octanol–water partition coefficient (Wildman–Crippen LogP) is 2.90. The monoisotopic (exact) mass is 525 g/mol. The lowest BCUT2D eigenvalue weighted by atomic mass is 9.99. The van der Waals surface area contributed by atoms with Gasteiger partial charge < -0.3 is 37.3 Å². The van der Waals surface area contributed by atoms with Crippen LogP contribution in [0.4, 0.5) is 0 Å². The van der Waals surface area contributed by atoms with Gasteiger partial charge >= 0.3 is 5.97 Å². The van der Waals surface area contributed by atoms with Crippen molar-refractivity contribution in [2.24, 2.45) is 5.73 Å². The van der Waals surface area contributed by atoms with Crippen molar-refractivity contribution in [3.63, 3.8) is 0 Å². The van der Waals surface area contributed by atoms with E-state index in [1.165, 1.54) is 69.6 Å². The summed E-state index contributed by atoms with van der Waals surface area (Å²) in [5.74, 6) is -1.53. The van der Waals surface area contributed by atoms with Crippen LogP contribution in [0.3, 0.4) is 0 Å². The molecule has 0 saturated carbocycles. The molecule has 1 saturated heterocycles. The van der Waals surface area contributed by atoms with Crippen molar-refractivity contribution in [3.05, 3.63) is 0 Å². The highest BCUT2D eigenvalue weighted by atomic mass is 79.9. The molecule has 0 radical (unpaired) electrons. The zero-order valence-electron chi connectivity index (χ0n) is 20.4. The number of hydrogen-bond donors (Lipinski definition) is 2. The van der Waals surface area contributed by atoms with Crippen LogP contribution in [0.5, 0.6) is 0 Å². The van der Waals surface area contributed by atoms with E-state index >= 15 is 0 Å². The van der Waals surface area contributed by atoms with Gasteiger partial charge in [0.05, 0.1) is 44.3 Å². The average Bonchev–Trinajstić information content (AvgIpc) is 3.21. The van der Waals surface area contributed by atoms with Gasteiger partial charge in [0, 0.05) is 26.1 Å². The van der Waals surface area contributed by atoms with Crippen molar-refractivity contribution >= 4 is 13.2 Å². The van der Waals surface area contributed by atoms with Crippen LogP contribution in [0.15, 0.2) is 0 Å². The summed E-state index contributed by atoms with van der Waals surface area (Å²) in [6.45, 7) is 8.05. The standard InChI is InChI=1S/C24H48NO4P.BrH/c1-4-7-18-30(19-8-5-2,20-9-6-3)21-10-11-22(25)12-14-24(15-13-23(26)27)28-16-17-29-24;/h22H,4-21,25H2,1-3H3;1H. The second-order valence-electron chi connectivity index (χ2n) is 9.24. The summed E-state index contributed by atoms with van der Waals surface area (Å²) in [6, 6.07) is 0.143. The van der Waals surface area contributed by atoms with Crippen LogP contribution in [-0.4, -0.2) is 60.8 Å². The number of hydrogen-bond acceptors (Lipinski definition) is 4. The fourth-order valence-electron chi connectivity index (χ4n) is 4.60. The van der Waals surface area contributed by atoms with E-state index in [4.69, 9.17) is 20.3 Å². The van der Waals surface area contributed by atoms with Gasteiger partial charge in [0.2, 0.25) is 0 Å². The molecule has 5 nitrogen and oxygen atoms in total. The SMILES string of the molecule is CCCC[P+](CCCC)(CCCC)CCCC(N)CCC1(CCC(=O)O)OCCO1.[Br-]. The van der Waals surface area contributed by atoms with Crippen molar-refractivity contribution in [2.45, 2.75) is 110 Å². The highest BCUT2D eigenvalue weighted by Crippen LogP contribution is 2.61. The van der Waals surface area contributed by atoms with Crippen LogP contribution >= 0.6 is 7.26 Å². The summed E-state index contributed by atoms with van der Waals surface area (Å²) in [7, 11) is -0.847. The molecule has 0 aromatic rings. The average molecular weight is 527 g/mol. The van der Waals surface area contributed by atoms with Gasteiger partial charge in [-0.2, -0.15) is 0 Å². The Balaban J connectivity index is 0.00000900. The molecule has 1 aliphatic heterocycles. The number of aliphatic carboxylic acids is 1. The van der Waals surface area contributed by atoms with Crippen molar-refractivity contribution in [3.8, 4) is 0 Å². The largest absolute Gasteiger partial charge is 1.00 e. The number of rotatable bonds is 19. The number of carbonyl (C=O) groups is 1. The summed E-state index contributed by atoms with van der Waals surface area (Å²) in [6.07, 6.45) is 18.2. The Morgan fingerprint density at radius 1 is 0.903 bits per heavy atom. The molecule has 0 bridgehead atoms. The fraction of sp³-hybridized carbons (Fsp3) is 0.958. The summed E-state index contributed by atoms with van der Waals surface area (Å²) < 4.78 is 11.6. The van der Waals surface area contributed by atoms with E-state index in [2.05, 4.69) is 20.8 Å². The quantitative estimate of drug-likeness (QED) is 0.253. The molecule has 0 aliphatic carbocycles. The van der Waals surface area contributed by atoms with Crippen molar-refractivity contribution < 1.29 is 36.4 Å². The van der Waals surface area contributed by atoms with Crippen LogP contribution in [-0.2, 0) is 14.3 Å². The minimum Gasteiger partial charge on any atom is -1.00 e. The van der Waals surface area contributed by atoms with Crippen LogP contribution in [0.1, 0.15) is 97.8 Å². The Labute approximate surface area is 202 Å². The number of carboxylic acids is 1. The maximum absolute atomic E-state index is 11.0. The molecule has 3 N–H and O–H groups in total. The lowest BCUT2D eigenvalue weighted by Gasteiger charge is -2.29. The molecule has 1 fully saturated rings. The van der Waals surface area contributed by atoms with E-state index in [0.29, 0.717) is 26.1 Å². The predicted molar refractivity (Wildman–Crippen MR) is 129 cm³/mol. The van der Waals surface area contributed by atoms with E-state index in [1.54, 1.807) is 0 Å². The maximum Gasteiger partial charge on any atom is 0.303 e. The number of nitrogens with two attached hydrogens (primary N) is 1. The smallest absolute Gasteiger partial charge is 0.303 e. The van der Waals surface area contributed by atoms with E-state index in [-0.39, 0.29) is 29.4 Å². The molecule has 0 aromatic carbocycles. The van der Waals surface area contributed by atoms with E-state index in [0.717, 1.165) is 12.8 Å². The lowest BCUT2D eigenvalue weighted by Crippen LogP contribution is -3.00. The normalized spacial score (nSPS) is 16.8. The van der Waals surface area contributed by atoms with Crippen molar-refractivity contribution in [2.75, 3.05) is 37.9 Å². The molecule has 1 rings (SSSR count). The van der Waals surface area contributed by atoms with Gasteiger partial charge in [0.1, 0.15) is 0 Å². The van der Waals surface area contributed by atoms with Gasteiger partial charge in [0.25, 0.3) is 0 Å². The molecular weight excluding hydrogens is 477 g/mol. The number of unbranched alkanes of at least 4 members (excludes halogenated alkanes) is 3. The summed E-state index contributed by atoms with van der Waals surface area (Å²) in [5.41, 5.74) is 6.48. The van der Waals surface area contributed by atoms with Crippen LogP contribution < -0.4 is 22.7 Å². The summed E-state index contributed by atoms with van der Waals surface area (Å²) >= 11 is 0. The molecule has 31 heavy (non-hydrogen) atoms. The zero-order chi connectivity index (χ0) is 22.3. The second kappa shape index (κ2) is 17.7. The molecule has 0 amide bonds. The van der Waals surface area contributed by atoms with Gasteiger partial charge in [-0.25, -0.2) is 0 Å². The number of halogens is 1. The molecule has 0 aromatic heterocycles. The topological polar surface area (TPSA) is 81.8 Å². The first-order chi connectivity index (χ1) is 14.4. The molecule has 1 atom stereocenters. The minimum atomic E-state index is -0.847. The van der Waals surface area contributed by atoms with Gasteiger partial charge in [-0.1, -0.05) is 40.0 Å². The van der Waals surface area contributed by atoms with Gasteiger partial charge in [-0.15, -0.1) is 0 Å². The van der Waals surface area contributed by atoms with Crippen LogP contribution in [0.25, 0.3) is 0 Å². The molecule has 7 heteroatoms. The Kier molecular flexibility index (Phi) is 17.8. The Morgan fingerprint density at radius 3 is 1.84 bits per heavy atom. The van der Waals surface area contributed by atoms with Gasteiger partial charge in [-0.05, 0) is 38.5 Å². The third-order valence-electron chi connectivity index (χ3n) is 6.59. The van der Waals surface area contributed by atoms with Gasteiger partial charge in [-0.3, -0.25) is 4.79 Å². The van der Waals surface area contributed by atoms with Crippen molar-refractivity contribution in [1.29, 1.82) is 0 Å². The highest BCUT2D eigenvalue weighted by Gasteiger charge is 2.37. The second-order valence-corrected chi connectivity index (χ2v) is 13.7. The summed E-state index contributed by atoms with van der Waals surface area (Å²) in [4.78, 5) is 11.0. The minimum absolute atomic E-state index is 0. The molecule has 0 spiro atoms. The van der Waals surface area contributed by atoms with E-state index < -0.39 is 19.0 Å². The van der Waals surface area contributed by atoms with E-state index in [9.17, 15) is 4.79 Å². The lowest BCUT2D eigenvalue weighted by molar-refractivity contribution is -0.173. The third-order valence-corrected chi connectivity index (χ3v) is 11.7. The van der Waals surface area contributed by atoms with Crippen LogP contribution in [0, 0.1) is 0 Å². The molecular formula is C24H49BrNO4P. The first kappa shape index (κ1) is 31.3. The maximum atomic E-state index is 11.0. The molecule has 1 aliphatic rings. The Bertz CT molecular complexity index is 439. The molecule has 1 heterocycles. The highest BCUT2D eigenvalue weighted by molar-refractivity contribution is 7.75. The molecule has 1 unspecified atom stereocenters. The number of ether oxygens (including phenoxy) is 2. The molecule has 186 valence electrons. The first-order valence-electron chi connectivity index (χ1n) is 12.5. The van der Waals surface area contributed by atoms with Crippen molar-refractivity contribution in [1.82, 2.24) is 0 Å². The number of carboxylic acid groups (broad SMARTS) is 1. The summed E-state index contributed by atoms with van der Waals surface area (Å²) in [5, 5.41) is 9.01. The Hall–Kier alpha value is 0.260. The zero-order valence-corrected chi connectivity index (χ0v) is 22.9. The van der Waals surface area contributed by atoms with Gasteiger partial charge in [0.15, 0.2) is 5.79 Å². The Morgan fingerprint density at radius 2 is 1.39 bits per heavy atom. The first-order valence-corrected chi connectivity index (χ1v) is 15.0. The van der Waals surface area contributed by atoms with E-state index in [1.807, 2.05) is 0 Å². The fourth-order valence-corrected chi connectivity index (χ4v) is 9.75. The third kappa shape index (κ3) is 12.9.